The Morgan fingerprint density at radius 2 is 1.91 bits per heavy atom. The second-order valence-corrected chi connectivity index (χ2v) is 8.91. The third-order valence-electron chi connectivity index (χ3n) is 6.82. The number of imide groups is 1. The molecule has 2 aromatic carbocycles. The Kier molecular flexibility index (Phi) is 5.23. The molecule has 0 aliphatic carbocycles. The molecule has 3 heterocycles. The van der Waals surface area contributed by atoms with Crippen molar-refractivity contribution in [3.63, 3.8) is 0 Å². The summed E-state index contributed by atoms with van der Waals surface area (Å²) < 4.78 is 19.6. The van der Waals surface area contributed by atoms with Crippen LogP contribution in [0.1, 0.15) is 17.5 Å². The Bertz CT molecular complexity index is 1060. The zero-order chi connectivity index (χ0) is 22.5. The van der Waals surface area contributed by atoms with E-state index in [0.29, 0.717) is 31.7 Å². The van der Waals surface area contributed by atoms with Gasteiger partial charge in [-0.25, -0.2) is 4.39 Å². The molecule has 3 saturated heterocycles. The lowest BCUT2D eigenvalue weighted by molar-refractivity contribution is -0.181. The smallest absolute Gasteiger partial charge is 0.252 e. The number of carbonyl (C=O) groups excluding carboxylic acids is 2. The van der Waals surface area contributed by atoms with Gasteiger partial charge in [0.05, 0.1) is 25.8 Å². The maximum Gasteiger partial charge on any atom is 0.252 e. The van der Waals surface area contributed by atoms with Crippen molar-refractivity contribution >= 4 is 11.8 Å². The van der Waals surface area contributed by atoms with Crippen LogP contribution in [0.25, 0.3) is 0 Å². The number of aliphatic hydroxyl groups excluding tert-OH is 1. The van der Waals surface area contributed by atoms with E-state index in [4.69, 9.17) is 4.74 Å². The number of amides is 2. The third-order valence-corrected chi connectivity index (χ3v) is 6.82. The summed E-state index contributed by atoms with van der Waals surface area (Å²) in [7, 11) is 1.62. The van der Waals surface area contributed by atoms with Crippen molar-refractivity contribution in [3.05, 3.63) is 65.5 Å². The van der Waals surface area contributed by atoms with Crippen LogP contribution < -0.4 is 4.74 Å². The van der Waals surface area contributed by atoms with E-state index in [1.54, 1.807) is 25.3 Å². The lowest BCUT2D eigenvalue weighted by Crippen LogP contribution is -2.81. The van der Waals surface area contributed by atoms with Crippen molar-refractivity contribution in [1.29, 1.82) is 0 Å². The van der Waals surface area contributed by atoms with Crippen LogP contribution in [-0.4, -0.2) is 76.0 Å². The number of aliphatic hydroxyl groups is 1. The summed E-state index contributed by atoms with van der Waals surface area (Å²) in [6, 6.07) is 13.4. The van der Waals surface area contributed by atoms with E-state index in [1.165, 1.54) is 11.0 Å². The molecule has 168 valence electrons. The van der Waals surface area contributed by atoms with Gasteiger partial charge in [0.2, 0.25) is 5.91 Å². The van der Waals surface area contributed by atoms with Gasteiger partial charge in [-0.05, 0) is 30.2 Å². The second-order valence-electron chi connectivity index (χ2n) is 8.91. The van der Waals surface area contributed by atoms with Gasteiger partial charge in [0.15, 0.2) is 0 Å². The third kappa shape index (κ3) is 3.39. The van der Waals surface area contributed by atoms with Crippen molar-refractivity contribution in [1.82, 2.24) is 14.7 Å². The van der Waals surface area contributed by atoms with E-state index in [9.17, 15) is 19.1 Å². The van der Waals surface area contributed by atoms with E-state index < -0.39 is 23.5 Å². The van der Waals surface area contributed by atoms with Crippen LogP contribution in [0.5, 0.6) is 5.75 Å². The summed E-state index contributed by atoms with van der Waals surface area (Å²) in [5, 5.41) is 10.3. The number of fused-ring (bicyclic) bond motifs is 2. The summed E-state index contributed by atoms with van der Waals surface area (Å²) >= 11 is 0. The number of methoxy groups -OCH3 is 1. The van der Waals surface area contributed by atoms with Crippen molar-refractivity contribution in [3.8, 4) is 5.75 Å². The Morgan fingerprint density at radius 1 is 1.12 bits per heavy atom. The average molecular weight is 439 g/mol. The van der Waals surface area contributed by atoms with Gasteiger partial charge in [-0.3, -0.25) is 24.3 Å². The molecule has 0 saturated carbocycles. The van der Waals surface area contributed by atoms with Gasteiger partial charge in [-0.15, -0.1) is 0 Å². The molecule has 3 fully saturated rings. The molecule has 8 heteroatoms. The van der Waals surface area contributed by atoms with Gasteiger partial charge in [0.1, 0.15) is 17.1 Å². The summed E-state index contributed by atoms with van der Waals surface area (Å²) in [6.07, 6.45) is -0.369. The lowest BCUT2D eigenvalue weighted by Gasteiger charge is -2.58. The molecule has 2 amide bonds. The van der Waals surface area contributed by atoms with Crippen LogP contribution in [0.4, 0.5) is 4.39 Å². The molecule has 2 atom stereocenters. The zero-order valence-corrected chi connectivity index (χ0v) is 17.9. The normalized spacial score (nSPS) is 25.2. The number of piperazine rings is 1. The molecule has 7 nitrogen and oxygen atoms in total. The van der Waals surface area contributed by atoms with E-state index >= 15 is 0 Å². The number of β-amino-alcohol motifs (C(OH)–C–C–N with tert-alkyl or cyclic N) is 1. The first kappa shape index (κ1) is 21.1. The number of hydrogen-bond donors (Lipinski definition) is 1. The predicted octanol–water partition coefficient (Wildman–Crippen LogP) is 1.39. The molecule has 0 unspecified atom stereocenters. The Labute approximate surface area is 186 Å². The molecule has 0 aromatic heterocycles. The molecular weight excluding hydrogens is 413 g/mol. The maximum absolute atomic E-state index is 14.3. The SMILES string of the molecule is COc1cccc(CN2CC3(C2)C(=O)N(Cc2ccccc2F)C(=O)[C@@H]2C[C@@H](O)CN23)c1. The van der Waals surface area contributed by atoms with Gasteiger partial charge < -0.3 is 9.84 Å². The first-order chi connectivity index (χ1) is 15.4. The maximum atomic E-state index is 14.3. The molecule has 0 bridgehead atoms. The van der Waals surface area contributed by atoms with Gasteiger partial charge >= 0.3 is 0 Å². The Morgan fingerprint density at radius 3 is 2.66 bits per heavy atom. The number of nitrogens with zero attached hydrogens (tertiary/aromatic N) is 3. The minimum atomic E-state index is -0.875. The monoisotopic (exact) mass is 439 g/mol. The van der Waals surface area contributed by atoms with Gasteiger partial charge in [0.25, 0.3) is 5.91 Å². The number of rotatable bonds is 5. The quantitative estimate of drug-likeness (QED) is 0.710. The highest BCUT2D eigenvalue weighted by Crippen LogP contribution is 2.41. The van der Waals surface area contributed by atoms with Crippen LogP contribution in [0, 0.1) is 5.82 Å². The Hall–Kier alpha value is -2.81. The van der Waals surface area contributed by atoms with Gasteiger partial charge in [-0.2, -0.15) is 0 Å². The fraction of sp³-hybridized carbons (Fsp3) is 0.417. The van der Waals surface area contributed by atoms with E-state index in [1.807, 2.05) is 29.2 Å². The number of benzene rings is 2. The summed E-state index contributed by atoms with van der Waals surface area (Å²) in [5.74, 6) is -0.329. The minimum absolute atomic E-state index is 0.0948. The summed E-state index contributed by atoms with van der Waals surface area (Å²) in [5.41, 5.74) is 0.504. The van der Waals surface area contributed by atoms with Crippen LogP contribution >= 0.6 is 0 Å². The molecule has 5 rings (SSSR count). The fourth-order valence-electron chi connectivity index (χ4n) is 5.27. The molecular formula is C24H26FN3O4. The highest BCUT2D eigenvalue weighted by atomic mass is 19.1. The molecule has 1 spiro atoms. The molecule has 3 aliphatic heterocycles. The number of ether oxygens (including phenoxy) is 1. The molecule has 3 aliphatic rings. The summed E-state index contributed by atoms with van der Waals surface area (Å²) in [6.45, 7) is 1.75. The first-order valence-corrected chi connectivity index (χ1v) is 10.8. The van der Waals surface area contributed by atoms with E-state index in [0.717, 1.165) is 11.3 Å². The van der Waals surface area contributed by atoms with Gasteiger partial charge in [-0.1, -0.05) is 30.3 Å². The average Bonchev–Trinajstić information content (AvgIpc) is 3.16. The second kappa shape index (κ2) is 7.95. The first-order valence-electron chi connectivity index (χ1n) is 10.8. The summed E-state index contributed by atoms with van der Waals surface area (Å²) in [4.78, 5) is 32.0. The van der Waals surface area contributed by atoms with Crippen molar-refractivity contribution in [2.24, 2.45) is 0 Å². The van der Waals surface area contributed by atoms with Crippen molar-refractivity contribution in [2.75, 3.05) is 26.7 Å². The number of hydrogen-bond acceptors (Lipinski definition) is 6. The number of carbonyl (C=O) groups is 2. The van der Waals surface area contributed by atoms with E-state index in [-0.39, 0.29) is 24.8 Å². The minimum Gasteiger partial charge on any atom is -0.497 e. The topological polar surface area (TPSA) is 73.3 Å². The van der Waals surface area contributed by atoms with Crippen LogP contribution in [0.3, 0.4) is 0 Å². The van der Waals surface area contributed by atoms with Crippen LogP contribution in [-0.2, 0) is 22.7 Å². The standard InChI is InChI=1S/C24H26FN3O4/c1-32-19-7-4-5-16(9-19)11-26-14-24(15-26)23(31)27(12-17-6-2-3-8-20(17)25)22(30)21-10-18(29)13-28(21)24/h2-9,18,21,29H,10-15H2,1H3/t18-,21+/m1/s1. The fourth-order valence-corrected chi connectivity index (χ4v) is 5.27. The van der Waals surface area contributed by atoms with Crippen LogP contribution in [0.2, 0.25) is 0 Å². The lowest BCUT2D eigenvalue weighted by atomic mass is 9.82. The molecule has 1 N–H and O–H groups in total. The molecule has 32 heavy (non-hydrogen) atoms. The molecule has 2 aromatic rings. The van der Waals surface area contributed by atoms with Gasteiger partial charge in [0, 0.05) is 31.7 Å². The highest BCUT2D eigenvalue weighted by molar-refractivity contribution is 6.06. The van der Waals surface area contributed by atoms with Crippen LogP contribution in [0.15, 0.2) is 48.5 Å². The van der Waals surface area contributed by atoms with Crippen molar-refractivity contribution < 1.29 is 23.8 Å². The predicted molar refractivity (Wildman–Crippen MR) is 114 cm³/mol. The number of halogens is 1. The largest absolute Gasteiger partial charge is 0.497 e. The zero-order valence-electron chi connectivity index (χ0n) is 17.9. The highest BCUT2D eigenvalue weighted by Gasteiger charge is 2.64. The van der Waals surface area contributed by atoms with E-state index in [2.05, 4.69) is 4.90 Å². The Balaban J connectivity index is 1.39. The number of likely N-dealkylation sites (tertiary alicyclic amines) is 1. The molecule has 0 radical (unpaired) electrons. The van der Waals surface area contributed by atoms with Crippen molar-refractivity contribution in [2.45, 2.75) is 37.2 Å².